The molecular formula is C14H22ClN3. The molecule has 0 aromatic carbocycles. The number of nitrogens with zero attached hydrogens (tertiary/aromatic N) is 2. The Morgan fingerprint density at radius 3 is 2.61 bits per heavy atom. The monoisotopic (exact) mass is 267 g/mol. The minimum Gasteiger partial charge on any atom is -0.317 e. The molecule has 1 aromatic rings. The normalized spacial score (nSPS) is 22.9. The van der Waals surface area contributed by atoms with Gasteiger partial charge in [-0.15, -0.1) is 12.4 Å². The van der Waals surface area contributed by atoms with Gasteiger partial charge in [0, 0.05) is 25.5 Å². The van der Waals surface area contributed by atoms with E-state index in [9.17, 15) is 0 Å². The number of hydrogen-bond donors (Lipinski definition) is 1. The van der Waals surface area contributed by atoms with Crippen molar-refractivity contribution in [2.75, 3.05) is 26.2 Å². The topological polar surface area (TPSA) is 28.2 Å². The summed E-state index contributed by atoms with van der Waals surface area (Å²) >= 11 is 0. The van der Waals surface area contributed by atoms with E-state index in [1.54, 1.807) is 0 Å². The van der Waals surface area contributed by atoms with Crippen LogP contribution < -0.4 is 5.32 Å². The summed E-state index contributed by atoms with van der Waals surface area (Å²) in [6.45, 7) is 6.07. The van der Waals surface area contributed by atoms with E-state index in [1.807, 2.05) is 12.4 Å². The van der Waals surface area contributed by atoms with Crippen molar-refractivity contribution in [3.8, 4) is 0 Å². The molecule has 0 aliphatic carbocycles. The zero-order valence-electron chi connectivity index (χ0n) is 10.8. The highest BCUT2D eigenvalue weighted by molar-refractivity contribution is 5.85. The largest absolute Gasteiger partial charge is 0.317 e. The SMILES string of the molecule is Cl.c1cc(CN2CCC3(CCNCC3)C2)ccn1. The molecule has 0 amide bonds. The van der Waals surface area contributed by atoms with Gasteiger partial charge in [0.05, 0.1) is 0 Å². The second kappa shape index (κ2) is 6.00. The summed E-state index contributed by atoms with van der Waals surface area (Å²) in [4.78, 5) is 6.69. The Bertz CT molecular complexity index is 363. The van der Waals surface area contributed by atoms with Gasteiger partial charge in [0.2, 0.25) is 0 Å². The first-order chi connectivity index (χ1) is 8.36. The highest BCUT2D eigenvalue weighted by Gasteiger charge is 2.38. The van der Waals surface area contributed by atoms with E-state index in [2.05, 4.69) is 27.3 Å². The lowest BCUT2D eigenvalue weighted by Gasteiger charge is -2.33. The Hall–Kier alpha value is -0.640. The number of rotatable bonds is 2. The van der Waals surface area contributed by atoms with E-state index in [4.69, 9.17) is 0 Å². The summed E-state index contributed by atoms with van der Waals surface area (Å²) in [6.07, 6.45) is 7.90. The lowest BCUT2D eigenvalue weighted by atomic mass is 9.78. The van der Waals surface area contributed by atoms with Crippen molar-refractivity contribution in [1.29, 1.82) is 0 Å². The van der Waals surface area contributed by atoms with Gasteiger partial charge in [-0.05, 0) is 62.0 Å². The van der Waals surface area contributed by atoms with Crippen molar-refractivity contribution in [3.05, 3.63) is 30.1 Å². The highest BCUT2D eigenvalue weighted by atomic mass is 35.5. The minimum atomic E-state index is 0. The van der Waals surface area contributed by atoms with Gasteiger partial charge in [-0.3, -0.25) is 9.88 Å². The molecule has 1 spiro atoms. The lowest BCUT2D eigenvalue weighted by molar-refractivity contribution is 0.194. The molecule has 0 unspecified atom stereocenters. The average molecular weight is 268 g/mol. The minimum absolute atomic E-state index is 0. The average Bonchev–Trinajstić information content (AvgIpc) is 2.74. The Kier molecular flexibility index (Phi) is 4.60. The third kappa shape index (κ3) is 3.02. The Morgan fingerprint density at radius 2 is 1.89 bits per heavy atom. The second-order valence-electron chi connectivity index (χ2n) is 5.57. The number of piperidine rings is 1. The zero-order valence-corrected chi connectivity index (χ0v) is 11.6. The third-order valence-corrected chi connectivity index (χ3v) is 4.34. The van der Waals surface area contributed by atoms with Crippen LogP contribution in [0.3, 0.4) is 0 Å². The number of likely N-dealkylation sites (tertiary alicyclic amines) is 1. The van der Waals surface area contributed by atoms with Crippen molar-refractivity contribution in [2.45, 2.75) is 25.8 Å². The van der Waals surface area contributed by atoms with Crippen molar-refractivity contribution >= 4 is 12.4 Å². The number of nitrogens with one attached hydrogen (secondary N) is 1. The molecule has 2 aliphatic heterocycles. The van der Waals surface area contributed by atoms with E-state index in [1.165, 1.54) is 51.0 Å². The Labute approximate surface area is 115 Å². The van der Waals surface area contributed by atoms with Crippen LogP contribution in [0.25, 0.3) is 0 Å². The Morgan fingerprint density at radius 1 is 1.17 bits per heavy atom. The van der Waals surface area contributed by atoms with Gasteiger partial charge in [0.25, 0.3) is 0 Å². The maximum Gasteiger partial charge on any atom is 0.0271 e. The van der Waals surface area contributed by atoms with Crippen LogP contribution >= 0.6 is 12.4 Å². The first-order valence-electron chi connectivity index (χ1n) is 6.68. The molecule has 0 saturated carbocycles. The summed E-state index contributed by atoms with van der Waals surface area (Å²) in [6, 6.07) is 4.26. The quantitative estimate of drug-likeness (QED) is 0.889. The van der Waals surface area contributed by atoms with Gasteiger partial charge in [-0.1, -0.05) is 0 Å². The van der Waals surface area contributed by atoms with Crippen LogP contribution in [0, 0.1) is 5.41 Å². The van der Waals surface area contributed by atoms with Crippen molar-refractivity contribution in [2.24, 2.45) is 5.41 Å². The van der Waals surface area contributed by atoms with E-state index in [0.29, 0.717) is 5.41 Å². The van der Waals surface area contributed by atoms with Crippen LogP contribution in [0.1, 0.15) is 24.8 Å². The van der Waals surface area contributed by atoms with Gasteiger partial charge in [0.1, 0.15) is 0 Å². The summed E-state index contributed by atoms with van der Waals surface area (Å²) in [7, 11) is 0. The van der Waals surface area contributed by atoms with Crippen LogP contribution in [0.5, 0.6) is 0 Å². The molecule has 3 nitrogen and oxygen atoms in total. The number of halogens is 1. The van der Waals surface area contributed by atoms with Gasteiger partial charge in [-0.2, -0.15) is 0 Å². The Balaban J connectivity index is 0.00000120. The van der Waals surface area contributed by atoms with E-state index in [-0.39, 0.29) is 12.4 Å². The molecule has 1 aromatic heterocycles. The predicted octanol–water partition coefficient (Wildman–Crippen LogP) is 2.08. The lowest BCUT2D eigenvalue weighted by Crippen LogP contribution is -2.38. The third-order valence-electron chi connectivity index (χ3n) is 4.34. The number of hydrogen-bond acceptors (Lipinski definition) is 3. The molecule has 2 fully saturated rings. The molecule has 2 aliphatic rings. The maximum atomic E-state index is 4.08. The molecule has 2 saturated heterocycles. The first kappa shape index (κ1) is 13.8. The first-order valence-corrected chi connectivity index (χ1v) is 6.68. The summed E-state index contributed by atoms with van der Waals surface area (Å²) in [5, 5.41) is 3.47. The van der Waals surface area contributed by atoms with Crippen LogP contribution in [0.2, 0.25) is 0 Å². The van der Waals surface area contributed by atoms with Gasteiger partial charge in [-0.25, -0.2) is 0 Å². The molecule has 0 radical (unpaired) electrons. The van der Waals surface area contributed by atoms with Gasteiger partial charge < -0.3 is 5.32 Å². The smallest absolute Gasteiger partial charge is 0.0271 e. The van der Waals surface area contributed by atoms with Gasteiger partial charge >= 0.3 is 0 Å². The molecule has 18 heavy (non-hydrogen) atoms. The molecule has 3 rings (SSSR count). The fourth-order valence-electron chi connectivity index (χ4n) is 3.27. The highest BCUT2D eigenvalue weighted by Crippen LogP contribution is 2.38. The molecule has 4 heteroatoms. The van der Waals surface area contributed by atoms with Crippen LogP contribution in [-0.2, 0) is 6.54 Å². The molecule has 0 bridgehead atoms. The van der Waals surface area contributed by atoms with Crippen molar-refractivity contribution in [1.82, 2.24) is 15.2 Å². The predicted molar refractivity (Wildman–Crippen MR) is 75.9 cm³/mol. The number of aromatic nitrogens is 1. The molecule has 1 N–H and O–H groups in total. The summed E-state index contributed by atoms with van der Waals surface area (Å²) in [5.74, 6) is 0. The van der Waals surface area contributed by atoms with E-state index >= 15 is 0 Å². The second-order valence-corrected chi connectivity index (χ2v) is 5.57. The molecule has 0 atom stereocenters. The molecule has 100 valence electrons. The van der Waals surface area contributed by atoms with Crippen molar-refractivity contribution in [3.63, 3.8) is 0 Å². The van der Waals surface area contributed by atoms with Crippen LogP contribution in [0.15, 0.2) is 24.5 Å². The van der Waals surface area contributed by atoms with Crippen LogP contribution in [0.4, 0.5) is 0 Å². The summed E-state index contributed by atoms with van der Waals surface area (Å²) in [5.41, 5.74) is 2.02. The van der Waals surface area contributed by atoms with E-state index in [0.717, 1.165) is 6.54 Å². The standard InChI is InChI=1S/C14H21N3.ClH/c1-6-15-7-2-13(1)11-17-10-5-14(12-17)3-8-16-9-4-14;/h1-2,6-7,16H,3-5,8-12H2;1H. The fraction of sp³-hybridized carbons (Fsp3) is 0.643. The number of pyridine rings is 1. The molecular weight excluding hydrogens is 246 g/mol. The zero-order chi connectivity index (χ0) is 11.6. The molecule has 3 heterocycles. The van der Waals surface area contributed by atoms with E-state index < -0.39 is 0 Å². The maximum absolute atomic E-state index is 4.08. The summed E-state index contributed by atoms with van der Waals surface area (Å²) < 4.78 is 0. The fourth-order valence-corrected chi connectivity index (χ4v) is 3.27. The van der Waals surface area contributed by atoms with Crippen LogP contribution in [-0.4, -0.2) is 36.1 Å². The van der Waals surface area contributed by atoms with Crippen molar-refractivity contribution < 1.29 is 0 Å². The van der Waals surface area contributed by atoms with Gasteiger partial charge in [0.15, 0.2) is 0 Å².